The number of hydrogen-bond acceptors (Lipinski definition) is 8. The van der Waals surface area contributed by atoms with Crippen molar-refractivity contribution in [2.24, 2.45) is 0 Å². The van der Waals surface area contributed by atoms with Crippen molar-refractivity contribution in [2.75, 3.05) is 19.0 Å². The molecule has 1 heterocycles. The predicted octanol–water partition coefficient (Wildman–Crippen LogP) is 4.13. The highest BCUT2D eigenvalue weighted by atomic mass is 32.2. The monoisotopic (exact) mass is 540 g/mol. The number of carbonyl (C=O) groups excluding carboxylic acids is 2. The van der Waals surface area contributed by atoms with Crippen molar-refractivity contribution >= 4 is 41.3 Å². The molecule has 204 valence electrons. The van der Waals surface area contributed by atoms with Crippen LogP contribution in [0.5, 0.6) is 0 Å². The van der Waals surface area contributed by atoms with Crippen LogP contribution in [0, 0.1) is 18.3 Å². The van der Waals surface area contributed by atoms with E-state index in [1.807, 2.05) is 11.6 Å². The molecule has 1 aliphatic carbocycles. The van der Waals surface area contributed by atoms with Crippen LogP contribution in [0.1, 0.15) is 64.1 Å². The second-order valence-corrected chi connectivity index (χ2v) is 11.3. The van der Waals surface area contributed by atoms with E-state index in [0.717, 1.165) is 42.6 Å². The molecule has 1 aliphatic rings. The van der Waals surface area contributed by atoms with E-state index in [-0.39, 0.29) is 6.61 Å². The lowest BCUT2D eigenvalue weighted by Gasteiger charge is -2.32. The average Bonchev–Trinajstić information content (AvgIpc) is 3.50. The van der Waals surface area contributed by atoms with Gasteiger partial charge in [-0.05, 0) is 70.9 Å². The Labute approximate surface area is 227 Å². The summed E-state index contributed by atoms with van der Waals surface area (Å²) in [5.41, 5.74) is 0.982. The molecule has 1 aromatic heterocycles. The molecule has 2 aromatic rings. The first-order valence-electron chi connectivity index (χ1n) is 12.6. The van der Waals surface area contributed by atoms with Crippen molar-refractivity contribution in [1.82, 2.24) is 19.4 Å². The van der Waals surface area contributed by atoms with Crippen molar-refractivity contribution in [1.29, 1.82) is 5.26 Å². The number of rotatable bonds is 12. The number of carbonyl (C=O) groups is 2. The zero-order chi connectivity index (χ0) is 27.9. The van der Waals surface area contributed by atoms with Gasteiger partial charge in [0.1, 0.15) is 0 Å². The minimum Gasteiger partial charge on any atom is -0.593 e. The molecule has 11 heteroatoms. The number of likely N-dealkylation sites (N-methyl/N-ethyl adjacent to an activating group) is 1. The molecule has 1 fully saturated rings. The number of benzene rings is 1. The maximum Gasteiger partial charge on any atom is 0.330 e. The van der Waals surface area contributed by atoms with Gasteiger partial charge in [-0.15, -0.1) is 4.31 Å². The van der Waals surface area contributed by atoms with Crippen LogP contribution >= 0.6 is 0 Å². The summed E-state index contributed by atoms with van der Waals surface area (Å²) in [5, 5.41) is 20.3. The van der Waals surface area contributed by atoms with Gasteiger partial charge in [-0.25, -0.2) is 4.79 Å². The highest BCUT2D eigenvalue weighted by Crippen LogP contribution is 2.42. The fourth-order valence-corrected chi connectivity index (χ4v) is 5.76. The lowest BCUT2D eigenvalue weighted by Crippen LogP contribution is -2.51. The highest BCUT2D eigenvalue weighted by Gasteiger charge is 2.42. The number of ether oxygens (including phenoxy) is 1. The molecule has 10 nitrogen and oxygen atoms in total. The van der Waals surface area contributed by atoms with Gasteiger partial charge in [0.05, 0.1) is 41.7 Å². The zero-order valence-corrected chi connectivity index (χ0v) is 23.4. The number of anilines is 2. The van der Waals surface area contributed by atoms with Crippen molar-refractivity contribution in [2.45, 2.75) is 75.8 Å². The van der Waals surface area contributed by atoms with Gasteiger partial charge in [0.25, 0.3) is 0 Å². The number of hydrogen-bond donors (Lipinski definition) is 2. The number of aromatic nitrogens is 2. The van der Waals surface area contributed by atoms with Gasteiger partial charge >= 0.3 is 5.97 Å². The van der Waals surface area contributed by atoms with Gasteiger partial charge in [-0.1, -0.05) is 12.8 Å². The largest absolute Gasteiger partial charge is 0.593 e. The summed E-state index contributed by atoms with van der Waals surface area (Å²) in [4.78, 5) is 23.7. The van der Waals surface area contributed by atoms with Crippen LogP contribution < -0.4 is 10.6 Å². The lowest BCUT2D eigenvalue weighted by molar-refractivity contribution is -0.152. The number of amides is 1. The van der Waals surface area contributed by atoms with Crippen LogP contribution in [0.2, 0.25) is 0 Å². The van der Waals surface area contributed by atoms with Crippen molar-refractivity contribution in [3.05, 3.63) is 41.7 Å². The van der Waals surface area contributed by atoms with E-state index in [2.05, 4.69) is 16.7 Å². The molecule has 2 N–H and O–H groups in total. The molecule has 1 amide bonds. The minimum atomic E-state index is -1.59. The van der Waals surface area contributed by atoms with Gasteiger partial charge < -0.3 is 19.9 Å². The maximum absolute atomic E-state index is 13.2. The Morgan fingerprint density at radius 1 is 1.34 bits per heavy atom. The second-order valence-electron chi connectivity index (χ2n) is 9.83. The van der Waals surface area contributed by atoms with Crippen LogP contribution in [0.4, 0.5) is 11.5 Å². The Morgan fingerprint density at radius 2 is 2.00 bits per heavy atom. The molecule has 1 saturated carbocycles. The van der Waals surface area contributed by atoms with Crippen molar-refractivity contribution in [3.8, 4) is 6.07 Å². The van der Waals surface area contributed by atoms with E-state index in [9.17, 15) is 19.4 Å². The summed E-state index contributed by atoms with van der Waals surface area (Å²) in [6, 6.07) is 9.43. The Bertz CT molecular complexity index is 1200. The Balaban J connectivity index is 1.87. The predicted molar refractivity (Wildman–Crippen MR) is 146 cm³/mol. The summed E-state index contributed by atoms with van der Waals surface area (Å²) in [7, 11) is 1.63. The molecule has 0 bridgehead atoms. The van der Waals surface area contributed by atoms with Crippen LogP contribution in [0.15, 0.2) is 35.4 Å². The van der Waals surface area contributed by atoms with Gasteiger partial charge in [-0.3, -0.25) is 9.48 Å². The summed E-state index contributed by atoms with van der Waals surface area (Å²) < 4.78 is 21.7. The molecule has 1 unspecified atom stereocenters. The number of esters is 1. The molecular weight excluding hydrogens is 504 g/mol. The Hall–Kier alpha value is -3.33. The first kappa shape index (κ1) is 29.2. The SMILES string of the molecule is CCOC(=O)C(C)(C)N(C)[S+]([O-])c1ccc(Nc2nn(C3(CC#N)CCCC3)c(/C=C\NC=O)c2C)cc1. The topological polar surface area (TPSA) is 135 Å². The van der Waals surface area contributed by atoms with Gasteiger partial charge in [-0.2, -0.15) is 10.4 Å². The van der Waals surface area contributed by atoms with E-state index < -0.39 is 28.4 Å². The van der Waals surface area contributed by atoms with E-state index in [1.165, 1.54) is 4.31 Å². The fraction of sp³-hybridized carbons (Fsp3) is 0.481. The van der Waals surface area contributed by atoms with E-state index in [0.29, 0.717) is 23.5 Å². The summed E-state index contributed by atoms with van der Waals surface area (Å²) in [6.07, 6.45) is 8.09. The average molecular weight is 541 g/mol. The molecule has 0 radical (unpaired) electrons. The normalized spacial score (nSPS) is 15.8. The molecule has 38 heavy (non-hydrogen) atoms. The molecular formula is C27H36N6O4S. The molecule has 1 aromatic carbocycles. The number of nitrogens with zero attached hydrogens (tertiary/aromatic N) is 4. The van der Waals surface area contributed by atoms with Crippen LogP contribution in [0.25, 0.3) is 6.08 Å². The first-order valence-corrected chi connectivity index (χ1v) is 13.8. The Morgan fingerprint density at radius 3 is 2.58 bits per heavy atom. The maximum atomic E-state index is 13.2. The molecule has 0 spiro atoms. The summed E-state index contributed by atoms with van der Waals surface area (Å²) in [6.45, 7) is 7.29. The molecule has 0 saturated heterocycles. The molecule has 0 aliphatic heterocycles. The summed E-state index contributed by atoms with van der Waals surface area (Å²) in [5.74, 6) is 0.194. The van der Waals surface area contributed by atoms with Crippen molar-refractivity contribution in [3.63, 3.8) is 0 Å². The minimum absolute atomic E-state index is 0.251. The third-order valence-electron chi connectivity index (χ3n) is 7.09. The highest BCUT2D eigenvalue weighted by molar-refractivity contribution is 7.89. The third kappa shape index (κ3) is 6.04. The third-order valence-corrected chi connectivity index (χ3v) is 8.72. The second kappa shape index (κ2) is 12.5. The number of nitriles is 1. The smallest absolute Gasteiger partial charge is 0.330 e. The fourth-order valence-electron chi connectivity index (χ4n) is 4.59. The van der Waals surface area contributed by atoms with Crippen LogP contribution in [-0.2, 0) is 31.2 Å². The molecule has 1 atom stereocenters. The van der Waals surface area contributed by atoms with Gasteiger partial charge in [0.2, 0.25) is 6.41 Å². The molecule has 3 rings (SSSR count). The van der Waals surface area contributed by atoms with E-state index in [4.69, 9.17) is 9.84 Å². The van der Waals surface area contributed by atoms with Crippen LogP contribution in [-0.4, -0.2) is 50.2 Å². The van der Waals surface area contributed by atoms with Crippen molar-refractivity contribution < 1.29 is 18.9 Å². The standard InChI is InChI=1S/C27H36N6O4S/c1-6-37-25(35)26(3,4)32(5)38(36)22-11-9-21(10-12-22)30-24-20(2)23(13-18-29-19-34)33(31-24)27(16-17-28)14-7-8-15-27/h9-13,18-19H,6-8,14-16H2,1-5H3,(H,29,34)(H,30,31)/b18-13-. The zero-order valence-electron chi connectivity index (χ0n) is 22.6. The van der Waals surface area contributed by atoms with Gasteiger partial charge in [0.15, 0.2) is 16.3 Å². The number of nitrogens with one attached hydrogen (secondary N) is 2. The van der Waals surface area contributed by atoms with E-state index >= 15 is 0 Å². The first-order chi connectivity index (χ1) is 18.1. The quantitative estimate of drug-likeness (QED) is 0.233. The van der Waals surface area contributed by atoms with Gasteiger partial charge in [0, 0.05) is 24.5 Å². The summed E-state index contributed by atoms with van der Waals surface area (Å²) >= 11 is -1.59. The van der Waals surface area contributed by atoms with E-state index in [1.54, 1.807) is 64.4 Å². The van der Waals surface area contributed by atoms with Crippen LogP contribution in [0.3, 0.4) is 0 Å². The Kier molecular flexibility index (Phi) is 9.60. The lowest BCUT2D eigenvalue weighted by atomic mass is 9.93.